The van der Waals surface area contributed by atoms with Gasteiger partial charge in [-0.25, -0.2) is 9.47 Å². The molecule has 0 aliphatic carbocycles. The van der Waals surface area contributed by atoms with Gasteiger partial charge in [0.05, 0.1) is 18.9 Å². The lowest BCUT2D eigenvalue weighted by Gasteiger charge is -2.27. The van der Waals surface area contributed by atoms with Crippen LogP contribution in [0.15, 0.2) is 55.0 Å². The molecule has 3 rings (SSSR count). The van der Waals surface area contributed by atoms with E-state index in [1.165, 1.54) is 22.6 Å². The summed E-state index contributed by atoms with van der Waals surface area (Å²) in [4.78, 5) is 4.64. The molecular weight excluding hydrogens is 258 g/mol. The molecule has 2 heterocycles. The zero-order valence-electron chi connectivity index (χ0n) is 13.1. The van der Waals surface area contributed by atoms with Crippen molar-refractivity contribution in [3.63, 3.8) is 0 Å². The van der Waals surface area contributed by atoms with E-state index < -0.39 is 0 Å². The van der Waals surface area contributed by atoms with Gasteiger partial charge in [-0.15, -0.1) is 0 Å². The molecule has 1 aromatic carbocycles. The van der Waals surface area contributed by atoms with Gasteiger partial charge in [0.2, 0.25) is 0 Å². The van der Waals surface area contributed by atoms with Crippen LogP contribution in [-0.2, 0) is 7.05 Å². The van der Waals surface area contributed by atoms with Crippen molar-refractivity contribution in [2.45, 2.75) is 26.9 Å². The Labute approximate surface area is 126 Å². The summed E-state index contributed by atoms with van der Waals surface area (Å²) >= 11 is 0. The van der Waals surface area contributed by atoms with Crippen molar-refractivity contribution in [2.75, 3.05) is 9.80 Å². The van der Waals surface area contributed by atoms with Gasteiger partial charge in [-0.1, -0.05) is 24.3 Å². The number of anilines is 2. The van der Waals surface area contributed by atoms with Crippen molar-refractivity contribution in [3.8, 4) is 0 Å². The molecule has 1 aromatic heterocycles. The molecule has 0 unspecified atom stereocenters. The summed E-state index contributed by atoms with van der Waals surface area (Å²) in [5.74, 6) is 1.19. The molecule has 3 heteroatoms. The lowest BCUT2D eigenvalue weighted by Crippen LogP contribution is -2.43. The summed E-state index contributed by atoms with van der Waals surface area (Å²) < 4.78 is 2.15. The molecule has 0 saturated carbocycles. The fraction of sp³-hybridized carbons (Fsp3) is 0.278. The first-order valence-electron chi connectivity index (χ1n) is 7.35. The number of benzene rings is 1. The molecule has 0 bridgehead atoms. The van der Waals surface area contributed by atoms with Crippen LogP contribution in [0.5, 0.6) is 0 Å². The molecule has 1 aliphatic rings. The Morgan fingerprint density at radius 2 is 1.57 bits per heavy atom. The van der Waals surface area contributed by atoms with Crippen LogP contribution in [0.1, 0.15) is 18.1 Å². The minimum absolute atomic E-state index is 0.262. The van der Waals surface area contributed by atoms with E-state index in [0.29, 0.717) is 0 Å². The summed E-state index contributed by atoms with van der Waals surface area (Å²) in [5, 5.41) is 0. The second-order valence-electron chi connectivity index (χ2n) is 5.65. The lowest BCUT2D eigenvalue weighted by atomic mass is 10.1. The van der Waals surface area contributed by atoms with Crippen molar-refractivity contribution in [1.29, 1.82) is 0 Å². The summed E-state index contributed by atoms with van der Waals surface area (Å²) in [6.45, 7) is 6.58. The van der Waals surface area contributed by atoms with Crippen LogP contribution in [0.2, 0.25) is 0 Å². The molecule has 108 valence electrons. The third kappa shape index (κ3) is 2.29. The van der Waals surface area contributed by atoms with Gasteiger partial charge in [0.1, 0.15) is 6.20 Å². The number of hydrogen-bond donors (Lipinski definition) is 0. The van der Waals surface area contributed by atoms with Gasteiger partial charge in [-0.05, 0) is 38.0 Å². The summed E-state index contributed by atoms with van der Waals surface area (Å²) in [7, 11) is 2.08. The molecule has 1 aliphatic heterocycles. The fourth-order valence-electron chi connectivity index (χ4n) is 3.05. The zero-order chi connectivity index (χ0) is 15.0. The normalized spacial score (nSPS) is 17.6. The summed E-state index contributed by atoms with van der Waals surface area (Å²) in [6.07, 6.45) is 6.68. The van der Waals surface area contributed by atoms with Gasteiger partial charge in [0, 0.05) is 12.3 Å². The number of aromatic nitrogens is 1. The molecule has 0 amide bonds. The van der Waals surface area contributed by atoms with Gasteiger partial charge >= 0.3 is 0 Å². The monoisotopic (exact) mass is 280 g/mol. The SMILES string of the molecule is Cc1cccc(C)c1N1C=CN(c2cccc[n+]2C)[C@@H]1C. The molecule has 3 nitrogen and oxygen atoms in total. The second-order valence-corrected chi connectivity index (χ2v) is 5.65. The largest absolute Gasteiger partial charge is 0.305 e. The highest BCUT2D eigenvalue weighted by molar-refractivity contribution is 5.65. The number of rotatable bonds is 2. The van der Waals surface area contributed by atoms with Crippen molar-refractivity contribution >= 4 is 11.5 Å². The number of nitrogens with zero attached hydrogens (tertiary/aromatic N) is 3. The van der Waals surface area contributed by atoms with Crippen LogP contribution in [0.4, 0.5) is 11.5 Å². The van der Waals surface area contributed by atoms with E-state index in [9.17, 15) is 0 Å². The first-order valence-corrected chi connectivity index (χ1v) is 7.35. The highest BCUT2D eigenvalue weighted by Crippen LogP contribution is 2.31. The highest BCUT2D eigenvalue weighted by Gasteiger charge is 2.33. The molecule has 0 fully saturated rings. The molecule has 0 radical (unpaired) electrons. The van der Waals surface area contributed by atoms with Crippen LogP contribution in [0.3, 0.4) is 0 Å². The average molecular weight is 280 g/mol. The number of para-hydroxylation sites is 1. The Hall–Kier alpha value is -2.29. The number of aryl methyl sites for hydroxylation is 3. The number of hydrogen-bond acceptors (Lipinski definition) is 2. The molecule has 21 heavy (non-hydrogen) atoms. The Bertz CT molecular complexity index is 670. The van der Waals surface area contributed by atoms with E-state index in [-0.39, 0.29) is 6.17 Å². The minimum Gasteiger partial charge on any atom is -0.305 e. The smallest absolute Gasteiger partial charge is 0.282 e. The minimum atomic E-state index is 0.262. The average Bonchev–Trinajstić information content (AvgIpc) is 2.81. The van der Waals surface area contributed by atoms with Crippen LogP contribution in [-0.4, -0.2) is 6.17 Å². The van der Waals surface area contributed by atoms with Crippen LogP contribution in [0, 0.1) is 13.8 Å². The van der Waals surface area contributed by atoms with E-state index in [0.717, 1.165) is 0 Å². The maximum atomic E-state index is 2.34. The van der Waals surface area contributed by atoms with E-state index >= 15 is 0 Å². The molecule has 0 N–H and O–H groups in total. The second kappa shape index (κ2) is 5.24. The topological polar surface area (TPSA) is 10.4 Å². The quantitative estimate of drug-likeness (QED) is 0.782. The Kier molecular flexibility index (Phi) is 3.42. The third-order valence-corrected chi connectivity index (χ3v) is 4.18. The summed E-state index contributed by atoms with van der Waals surface area (Å²) in [6, 6.07) is 12.7. The Morgan fingerprint density at radius 3 is 2.24 bits per heavy atom. The first-order chi connectivity index (χ1) is 10.1. The van der Waals surface area contributed by atoms with E-state index in [1.807, 2.05) is 0 Å². The molecular formula is C18H22N3+. The predicted octanol–water partition coefficient (Wildman–Crippen LogP) is 3.27. The lowest BCUT2D eigenvalue weighted by molar-refractivity contribution is -0.658. The Morgan fingerprint density at radius 1 is 0.905 bits per heavy atom. The van der Waals surface area contributed by atoms with Crippen molar-refractivity contribution in [1.82, 2.24) is 0 Å². The maximum Gasteiger partial charge on any atom is 0.282 e. The predicted molar refractivity (Wildman–Crippen MR) is 87.1 cm³/mol. The van der Waals surface area contributed by atoms with E-state index in [4.69, 9.17) is 0 Å². The van der Waals surface area contributed by atoms with Crippen molar-refractivity contribution in [2.24, 2.45) is 7.05 Å². The molecule has 1 atom stereocenters. The third-order valence-electron chi connectivity index (χ3n) is 4.18. The molecule has 2 aromatic rings. The van der Waals surface area contributed by atoms with Gasteiger partial charge < -0.3 is 4.90 Å². The zero-order valence-corrected chi connectivity index (χ0v) is 13.1. The van der Waals surface area contributed by atoms with Crippen molar-refractivity contribution in [3.05, 3.63) is 66.1 Å². The highest BCUT2D eigenvalue weighted by atomic mass is 15.4. The van der Waals surface area contributed by atoms with E-state index in [1.54, 1.807) is 0 Å². The van der Waals surface area contributed by atoms with Gasteiger partial charge in [-0.2, -0.15) is 0 Å². The van der Waals surface area contributed by atoms with Gasteiger partial charge in [0.15, 0.2) is 6.17 Å². The summed E-state index contributed by atoms with van der Waals surface area (Å²) in [5.41, 5.74) is 3.93. The number of pyridine rings is 1. The fourth-order valence-corrected chi connectivity index (χ4v) is 3.05. The first kappa shape index (κ1) is 13.7. The van der Waals surface area contributed by atoms with Gasteiger partial charge in [-0.3, -0.25) is 0 Å². The van der Waals surface area contributed by atoms with Crippen molar-refractivity contribution < 1.29 is 4.57 Å². The van der Waals surface area contributed by atoms with Crippen LogP contribution >= 0.6 is 0 Å². The van der Waals surface area contributed by atoms with Crippen LogP contribution < -0.4 is 14.4 Å². The van der Waals surface area contributed by atoms with E-state index in [2.05, 4.69) is 97.2 Å². The standard InChI is InChI=1S/C18H22N3/c1-14-8-7-9-15(2)18(14)21-13-12-20(16(21)3)17-10-5-6-11-19(17)4/h5-13,16H,1-4H3/q+1/t16-/m0/s1. The molecule has 0 spiro atoms. The maximum absolute atomic E-state index is 2.34. The molecule has 0 saturated heterocycles. The van der Waals surface area contributed by atoms with Crippen LogP contribution in [0.25, 0.3) is 0 Å². The van der Waals surface area contributed by atoms with Gasteiger partial charge in [0.25, 0.3) is 5.82 Å². The Balaban J connectivity index is 1.97.